The van der Waals surface area contributed by atoms with E-state index in [-0.39, 0.29) is 61.3 Å². The predicted octanol–water partition coefficient (Wildman–Crippen LogP) is 21.5. The normalized spacial score (nSPS) is 11.3. The number of alkyl halides is 1. The molecule has 0 aliphatic heterocycles. The van der Waals surface area contributed by atoms with Crippen LogP contribution in [0.1, 0.15) is 142 Å². The summed E-state index contributed by atoms with van der Waals surface area (Å²) < 4.78 is 98.7. The summed E-state index contributed by atoms with van der Waals surface area (Å²) in [7, 11) is 4.01. The van der Waals surface area contributed by atoms with Crippen LogP contribution in [0.15, 0.2) is 140 Å². The molecule has 0 atom stereocenters. The number of rotatable bonds is 35. The van der Waals surface area contributed by atoms with Gasteiger partial charge in [-0.05, 0) is 197 Å². The third kappa shape index (κ3) is 41.5. The number of aromatic hydroxyl groups is 3. The first-order valence-electron chi connectivity index (χ1n) is 41.6. The summed E-state index contributed by atoms with van der Waals surface area (Å²) >= 11 is 8.53. The van der Waals surface area contributed by atoms with E-state index in [0.29, 0.717) is 92.5 Å². The highest BCUT2D eigenvalue weighted by Crippen LogP contribution is 2.46. The fraction of sp³-hybridized carbons (Fsp3) is 0.438. The molecule has 0 saturated carbocycles. The molecule has 0 bridgehead atoms. The summed E-state index contributed by atoms with van der Waals surface area (Å²) in [4.78, 5) is 63.0. The Labute approximate surface area is 803 Å². The van der Waals surface area contributed by atoms with Crippen molar-refractivity contribution in [1.82, 2.24) is 0 Å². The lowest BCUT2D eigenvalue weighted by atomic mass is 10.2. The van der Waals surface area contributed by atoms with Crippen LogP contribution in [0.3, 0.4) is 0 Å². The Morgan fingerprint density at radius 2 is 0.624 bits per heavy atom. The van der Waals surface area contributed by atoms with Gasteiger partial charge in [-0.3, -0.25) is 28.8 Å². The summed E-state index contributed by atoms with van der Waals surface area (Å²) in [5, 5.41) is 63.3. The van der Waals surface area contributed by atoms with Gasteiger partial charge in [0.15, 0.2) is 73.6 Å². The number of halogens is 1. The lowest BCUT2D eigenvalue weighted by molar-refractivity contribution is -0.135. The van der Waals surface area contributed by atoms with Gasteiger partial charge in [-0.2, -0.15) is 0 Å². The number of hydrogen-bond acceptors (Lipinski definition) is 28. The second-order valence-electron chi connectivity index (χ2n) is 35.5. The SMILES string of the molecule is COc1cc(OC)c(C=O)c(OC)c1.COc1ccc(C=O)cc1O.COc1ccc(C=O)cc1O[Si](C)(C)C(C)(C)C.COc1ccc(CCl)cc1O[Si](C)(C)C(C)(C)C.COc1ccc(CO)cc1O[Si](C)(C)C(C)(C)C.COc1ccc(CS(=O)(=O)CC(=O)O)cc1O.COc1ccc(CSCC(=O)O)cc1O.COc1ccc(CSCC(=O)O)cc1O[Si](C)(C)C(C)(C)C. The number of aldehydes is 3. The van der Waals surface area contributed by atoms with Crippen molar-refractivity contribution in [3.05, 3.63) is 184 Å². The van der Waals surface area contributed by atoms with E-state index in [1.165, 1.54) is 90.4 Å². The third-order valence-electron chi connectivity index (χ3n) is 21.4. The summed E-state index contributed by atoms with van der Waals surface area (Å²) in [5.41, 5.74) is 5.53. The Morgan fingerprint density at radius 3 is 0.917 bits per heavy atom. The smallest absolute Gasteiger partial charge is 0.318 e. The number of aliphatic carboxylic acids is 3. The minimum atomic E-state index is -3.72. The molecule has 0 aliphatic rings. The molecule has 8 aromatic rings. The van der Waals surface area contributed by atoms with E-state index in [0.717, 1.165) is 63.0 Å². The average molecular weight is 2000 g/mol. The maximum Gasteiger partial charge on any atom is 0.318 e. The van der Waals surface area contributed by atoms with Crippen LogP contribution in [0, 0.1) is 0 Å². The van der Waals surface area contributed by atoms with Crippen LogP contribution in [0.4, 0.5) is 0 Å². The van der Waals surface area contributed by atoms with Gasteiger partial charge in [0, 0.05) is 40.6 Å². The fourth-order valence-electron chi connectivity index (χ4n) is 9.82. The fourth-order valence-corrected chi connectivity index (χ4v) is 16.6. The maximum atomic E-state index is 11.4. The molecular formula is C96H139ClO29S3Si4. The van der Waals surface area contributed by atoms with Crippen molar-refractivity contribution in [2.24, 2.45) is 0 Å². The molecule has 7 N–H and O–H groups in total. The number of methoxy groups -OCH3 is 10. The predicted molar refractivity (Wildman–Crippen MR) is 538 cm³/mol. The summed E-state index contributed by atoms with van der Waals surface area (Å²) in [6.07, 6.45) is 2.17. The molecule has 133 heavy (non-hydrogen) atoms. The van der Waals surface area contributed by atoms with Gasteiger partial charge in [-0.1, -0.05) is 113 Å². The molecule has 0 saturated heterocycles. The van der Waals surface area contributed by atoms with Crippen molar-refractivity contribution in [3.63, 3.8) is 0 Å². The van der Waals surface area contributed by atoms with E-state index in [1.807, 2.05) is 54.6 Å². The minimum Gasteiger partial charge on any atom is -0.541 e. The first-order valence-corrected chi connectivity index (χ1v) is 57.9. The Hall–Kier alpha value is -10.5. The number of hydrogen-bond donors (Lipinski definition) is 7. The highest BCUT2D eigenvalue weighted by molar-refractivity contribution is 7.99. The van der Waals surface area contributed by atoms with Crippen LogP contribution in [-0.2, 0) is 54.0 Å². The number of carbonyl (C=O) groups is 6. The van der Waals surface area contributed by atoms with Gasteiger partial charge in [0.25, 0.3) is 33.3 Å². The number of thioether (sulfide) groups is 2. The number of aliphatic hydroxyl groups excluding tert-OH is 1. The zero-order valence-electron chi connectivity index (χ0n) is 82.4. The van der Waals surface area contributed by atoms with Crippen LogP contribution in [0.25, 0.3) is 0 Å². The number of carbonyl (C=O) groups excluding carboxylic acids is 3. The molecule has 0 unspecified atom stereocenters. The molecular weight excluding hydrogens is 1860 g/mol. The molecule has 8 rings (SSSR count). The molecule has 0 fully saturated rings. The van der Waals surface area contributed by atoms with E-state index in [1.54, 1.807) is 89.1 Å². The topological polar surface area (TPSA) is 407 Å². The number of ether oxygens (including phenoxy) is 10. The lowest BCUT2D eigenvalue weighted by Gasteiger charge is -2.36. The van der Waals surface area contributed by atoms with Crippen molar-refractivity contribution in [1.29, 1.82) is 0 Å². The van der Waals surface area contributed by atoms with E-state index in [9.17, 15) is 52.5 Å². The maximum absolute atomic E-state index is 11.4. The van der Waals surface area contributed by atoms with Crippen molar-refractivity contribution in [2.45, 2.75) is 185 Å². The van der Waals surface area contributed by atoms with E-state index in [4.69, 9.17) is 97.1 Å². The zero-order chi connectivity index (χ0) is 102. The van der Waals surface area contributed by atoms with Crippen molar-refractivity contribution in [3.8, 4) is 97.7 Å². The number of carboxylic acids is 3. The monoisotopic (exact) mass is 2000 g/mol. The molecule has 29 nitrogen and oxygen atoms in total. The standard InChI is InChI=1S/C16H26O4SSi.C14H23ClO2Si.C14H24O3Si.C14H22O3Si.C10H12O6S.C10H12O4S.C10H12O4.C8H8O3/c1-16(2,3)22(5,6)20-14-9-12(7-8-13(14)19-4)10-21-11-15(17)18;3*1-14(2,3)18(5,6)17-13-9-11(10-15)7-8-12(13)16-4;1-16-9-3-2-7(4-8(9)11)5-17(14,15)6-10(12)13;1-14-9-3-2-7(4-8(9)11)5-15-6-10(12)13;1-12-7-4-9(13-2)8(6-11)10(5-7)14-3;1-11-8-3-2-6(5-9)4-7(8)10/h7-9H,10-11H2,1-6H3,(H,17,18);7-9H,10H2,1-6H3;7-9,15H,10H2,1-6H3;7-10H,1-6H3;2-4,11H,5-6H2,1H3,(H,12,13);2-4,11H,5-6H2,1H3,(H,12,13);4-6H,1-3H3;2-5,10H,1H3. The second-order valence-corrected chi connectivity index (χ2v) is 58.8. The van der Waals surface area contributed by atoms with Gasteiger partial charge in [0.05, 0.1) is 101 Å². The van der Waals surface area contributed by atoms with Crippen LogP contribution < -0.4 is 65.1 Å². The van der Waals surface area contributed by atoms with Gasteiger partial charge in [0.2, 0.25) is 0 Å². The van der Waals surface area contributed by atoms with E-state index in [2.05, 4.69) is 135 Å². The summed E-state index contributed by atoms with van der Waals surface area (Å²) in [6, 6.07) is 39.3. The zero-order valence-corrected chi connectivity index (χ0v) is 89.6. The molecule has 0 heterocycles. The molecule has 0 amide bonds. The Bertz CT molecular complexity index is 5030. The van der Waals surface area contributed by atoms with Crippen molar-refractivity contribution >= 4 is 115 Å². The second kappa shape index (κ2) is 56.0. The highest BCUT2D eigenvalue weighted by Gasteiger charge is 2.43. The Kier molecular flexibility index (Phi) is 50.8. The van der Waals surface area contributed by atoms with E-state index >= 15 is 0 Å². The molecule has 0 aromatic heterocycles. The van der Waals surface area contributed by atoms with Crippen LogP contribution in [-0.4, -0.2) is 203 Å². The highest BCUT2D eigenvalue weighted by atomic mass is 35.5. The van der Waals surface area contributed by atoms with Crippen LogP contribution >= 0.6 is 35.1 Å². The Balaban J connectivity index is 0.000000764. The molecule has 8 aromatic carbocycles. The number of carboxylic acid groups (broad SMARTS) is 3. The lowest BCUT2D eigenvalue weighted by Crippen LogP contribution is -2.43. The Morgan fingerprint density at radius 1 is 0.346 bits per heavy atom. The number of phenolic OH excluding ortho intramolecular Hbond substituents is 3. The van der Waals surface area contributed by atoms with Crippen molar-refractivity contribution < 1.29 is 138 Å². The molecule has 0 aliphatic carbocycles. The largest absolute Gasteiger partial charge is 0.541 e. The number of aliphatic hydroxyl groups is 1. The number of benzene rings is 8. The van der Waals surface area contributed by atoms with Gasteiger partial charge in [-0.25, -0.2) is 8.42 Å². The molecule has 0 spiro atoms. The first-order chi connectivity index (χ1) is 61.7. The summed E-state index contributed by atoms with van der Waals surface area (Å²) in [6.45, 7) is 43.9. The summed E-state index contributed by atoms with van der Waals surface area (Å²) in [5.74, 6) is 5.65. The van der Waals surface area contributed by atoms with E-state index < -0.39 is 72.5 Å². The molecule has 0 radical (unpaired) electrons. The minimum absolute atomic E-state index is 0.0118. The van der Waals surface area contributed by atoms with Gasteiger partial charge >= 0.3 is 17.9 Å². The quantitative estimate of drug-likeness (QED) is 0.0110. The van der Waals surface area contributed by atoms with Gasteiger partial charge in [-0.15, -0.1) is 35.1 Å². The first kappa shape index (κ1) is 121. The molecule has 738 valence electrons. The van der Waals surface area contributed by atoms with Crippen LogP contribution in [0.5, 0.6) is 97.7 Å². The van der Waals surface area contributed by atoms with Crippen molar-refractivity contribution in [2.75, 3.05) is 88.4 Å². The van der Waals surface area contributed by atoms with Gasteiger partial charge in [0.1, 0.15) is 58.6 Å². The number of sulfone groups is 1. The average Bonchev–Trinajstić information content (AvgIpc) is 0.807. The van der Waals surface area contributed by atoms with Crippen LogP contribution in [0.2, 0.25) is 72.5 Å². The van der Waals surface area contributed by atoms with Gasteiger partial charge < -0.3 is 101 Å². The molecule has 37 heteroatoms. The number of phenols is 3. The third-order valence-corrected chi connectivity index (χ3v) is 42.6.